The number of urea groups is 1. The van der Waals surface area contributed by atoms with Gasteiger partial charge in [0.15, 0.2) is 0 Å². The van der Waals surface area contributed by atoms with Gasteiger partial charge < -0.3 is 20.1 Å². The number of carbonyl (C=O) groups excluding carboxylic acids is 3. The molecule has 0 saturated heterocycles. The molecule has 1 atom stereocenters. The van der Waals surface area contributed by atoms with Crippen molar-refractivity contribution in [2.75, 3.05) is 19.5 Å². The van der Waals surface area contributed by atoms with Gasteiger partial charge in [-0.2, -0.15) is 0 Å². The van der Waals surface area contributed by atoms with Crippen LogP contribution in [0.25, 0.3) is 0 Å². The van der Waals surface area contributed by atoms with Gasteiger partial charge in [-0.05, 0) is 29.8 Å². The minimum absolute atomic E-state index is 0.00914. The van der Waals surface area contributed by atoms with E-state index in [9.17, 15) is 14.4 Å². The Labute approximate surface area is 151 Å². The van der Waals surface area contributed by atoms with E-state index in [-0.39, 0.29) is 6.42 Å². The Hall–Kier alpha value is -3.35. The van der Waals surface area contributed by atoms with Gasteiger partial charge in [-0.3, -0.25) is 4.79 Å². The summed E-state index contributed by atoms with van der Waals surface area (Å²) in [5, 5.41) is 5.42. The summed E-state index contributed by atoms with van der Waals surface area (Å²) in [7, 11) is 2.60. The highest BCUT2D eigenvalue weighted by Gasteiger charge is 2.19. The topological polar surface area (TPSA) is 93.7 Å². The highest BCUT2D eigenvalue weighted by Crippen LogP contribution is 2.18. The Morgan fingerprint density at radius 2 is 1.58 bits per heavy atom. The third-order valence-corrected chi connectivity index (χ3v) is 3.67. The van der Waals surface area contributed by atoms with Crippen molar-refractivity contribution in [3.8, 4) is 0 Å². The molecule has 0 aliphatic heterocycles. The first kappa shape index (κ1) is 19.0. The van der Waals surface area contributed by atoms with Crippen LogP contribution >= 0.6 is 0 Å². The third-order valence-electron chi connectivity index (χ3n) is 3.67. The predicted octanol–water partition coefficient (Wildman–Crippen LogP) is 2.90. The summed E-state index contributed by atoms with van der Waals surface area (Å²) in [4.78, 5) is 35.3. The monoisotopic (exact) mass is 356 g/mol. The van der Waals surface area contributed by atoms with Crippen LogP contribution in [0.1, 0.15) is 28.4 Å². The molecule has 0 saturated carbocycles. The van der Waals surface area contributed by atoms with Crippen molar-refractivity contribution in [3.63, 3.8) is 0 Å². The molecule has 7 nitrogen and oxygen atoms in total. The van der Waals surface area contributed by atoms with Crippen molar-refractivity contribution in [2.45, 2.75) is 12.5 Å². The molecule has 0 aliphatic rings. The number of nitrogens with one attached hydrogen (secondary N) is 2. The predicted molar refractivity (Wildman–Crippen MR) is 95.8 cm³/mol. The second kappa shape index (κ2) is 9.22. The number of carbonyl (C=O) groups is 3. The zero-order valence-electron chi connectivity index (χ0n) is 14.5. The molecule has 2 N–H and O–H groups in total. The molecule has 0 fully saturated rings. The van der Waals surface area contributed by atoms with Crippen molar-refractivity contribution in [1.29, 1.82) is 0 Å². The maximum absolute atomic E-state index is 12.3. The molecule has 0 radical (unpaired) electrons. The van der Waals surface area contributed by atoms with Gasteiger partial charge in [0.25, 0.3) is 0 Å². The Morgan fingerprint density at radius 1 is 0.923 bits per heavy atom. The van der Waals surface area contributed by atoms with E-state index >= 15 is 0 Å². The first-order valence-corrected chi connectivity index (χ1v) is 7.91. The molecule has 7 heteroatoms. The van der Waals surface area contributed by atoms with E-state index in [1.165, 1.54) is 14.2 Å². The molecule has 1 unspecified atom stereocenters. The standard InChI is InChI=1S/C19H20N2O5/c1-25-17(22)12-16(13-6-4-3-5-7-13)21-19(24)20-15-10-8-14(9-11-15)18(23)26-2/h3-11,16H,12H2,1-2H3,(H2,20,21,24). The maximum atomic E-state index is 12.3. The minimum atomic E-state index is -0.530. The molecule has 0 aromatic heterocycles. The first-order chi connectivity index (χ1) is 12.5. The number of hydrogen-bond donors (Lipinski definition) is 2. The van der Waals surface area contributed by atoms with Crippen molar-refractivity contribution < 1.29 is 23.9 Å². The summed E-state index contributed by atoms with van der Waals surface area (Å²) in [6, 6.07) is 14.4. The zero-order valence-corrected chi connectivity index (χ0v) is 14.5. The van der Waals surface area contributed by atoms with E-state index in [2.05, 4.69) is 15.4 Å². The molecule has 0 aliphatic carbocycles. The van der Waals surface area contributed by atoms with Crippen molar-refractivity contribution in [2.24, 2.45) is 0 Å². The van der Waals surface area contributed by atoms with Crippen LogP contribution in [0.15, 0.2) is 54.6 Å². The number of esters is 2. The second-order valence-corrected chi connectivity index (χ2v) is 5.41. The van der Waals surface area contributed by atoms with E-state index < -0.39 is 24.0 Å². The van der Waals surface area contributed by atoms with Crippen LogP contribution in [0, 0.1) is 0 Å². The van der Waals surface area contributed by atoms with Crippen molar-refractivity contribution in [3.05, 3.63) is 65.7 Å². The van der Waals surface area contributed by atoms with E-state index in [4.69, 9.17) is 4.74 Å². The summed E-state index contributed by atoms with van der Waals surface area (Å²) in [6.45, 7) is 0. The largest absolute Gasteiger partial charge is 0.469 e. The van der Waals surface area contributed by atoms with Crippen LogP contribution < -0.4 is 10.6 Å². The Kier molecular flexibility index (Phi) is 6.73. The number of benzene rings is 2. The summed E-state index contributed by atoms with van der Waals surface area (Å²) < 4.78 is 9.32. The molecule has 0 bridgehead atoms. The lowest BCUT2D eigenvalue weighted by Gasteiger charge is -2.18. The average molecular weight is 356 g/mol. The Bertz CT molecular complexity index is 759. The van der Waals surface area contributed by atoms with Crippen molar-refractivity contribution >= 4 is 23.7 Å². The van der Waals surface area contributed by atoms with Crippen LogP contribution in [0.5, 0.6) is 0 Å². The SMILES string of the molecule is COC(=O)CC(NC(=O)Nc1ccc(C(=O)OC)cc1)c1ccccc1. The fourth-order valence-corrected chi connectivity index (χ4v) is 2.32. The quantitative estimate of drug-likeness (QED) is 0.776. The van der Waals surface area contributed by atoms with E-state index in [1.807, 2.05) is 30.3 Å². The number of anilines is 1. The Balaban J connectivity index is 2.04. The number of hydrogen-bond acceptors (Lipinski definition) is 5. The highest BCUT2D eigenvalue weighted by atomic mass is 16.5. The summed E-state index contributed by atoms with van der Waals surface area (Å²) in [6.07, 6.45) is 0.00914. The van der Waals surface area contributed by atoms with Crippen LogP contribution in [0.4, 0.5) is 10.5 Å². The van der Waals surface area contributed by atoms with E-state index in [0.717, 1.165) is 5.56 Å². The molecule has 26 heavy (non-hydrogen) atoms. The molecule has 2 rings (SSSR count). The van der Waals surface area contributed by atoms with Gasteiger partial charge in [0, 0.05) is 5.69 Å². The maximum Gasteiger partial charge on any atom is 0.337 e. The van der Waals surface area contributed by atoms with Gasteiger partial charge in [-0.1, -0.05) is 30.3 Å². The fourth-order valence-electron chi connectivity index (χ4n) is 2.32. The fraction of sp³-hybridized carbons (Fsp3) is 0.211. The molecule has 136 valence electrons. The Morgan fingerprint density at radius 3 is 2.15 bits per heavy atom. The normalized spacial score (nSPS) is 11.2. The number of ether oxygens (including phenoxy) is 2. The second-order valence-electron chi connectivity index (χ2n) is 5.41. The summed E-state index contributed by atoms with van der Waals surface area (Å²) in [5.74, 6) is -0.884. The van der Waals surface area contributed by atoms with Crippen LogP contribution in [0.3, 0.4) is 0 Å². The number of rotatable bonds is 6. The van der Waals surface area contributed by atoms with E-state index in [1.54, 1.807) is 24.3 Å². The molecular weight excluding hydrogens is 336 g/mol. The summed E-state index contributed by atoms with van der Waals surface area (Å²) >= 11 is 0. The van der Waals surface area contributed by atoms with Crippen molar-refractivity contribution in [1.82, 2.24) is 5.32 Å². The van der Waals surface area contributed by atoms with Gasteiger partial charge in [-0.15, -0.1) is 0 Å². The molecular formula is C19H20N2O5. The molecule has 2 amide bonds. The smallest absolute Gasteiger partial charge is 0.337 e. The molecule has 2 aromatic carbocycles. The van der Waals surface area contributed by atoms with E-state index in [0.29, 0.717) is 11.3 Å². The first-order valence-electron chi connectivity index (χ1n) is 7.91. The molecule has 2 aromatic rings. The average Bonchev–Trinajstić information content (AvgIpc) is 2.68. The summed E-state index contributed by atoms with van der Waals surface area (Å²) in [5.41, 5.74) is 1.67. The van der Waals surface area contributed by atoms with Gasteiger partial charge in [0.2, 0.25) is 0 Å². The van der Waals surface area contributed by atoms with Gasteiger partial charge in [0.1, 0.15) is 0 Å². The number of methoxy groups -OCH3 is 2. The van der Waals surface area contributed by atoms with Gasteiger partial charge in [-0.25, -0.2) is 9.59 Å². The third kappa shape index (κ3) is 5.34. The minimum Gasteiger partial charge on any atom is -0.469 e. The lowest BCUT2D eigenvalue weighted by molar-refractivity contribution is -0.141. The lowest BCUT2D eigenvalue weighted by Crippen LogP contribution is -2.34. The molecule has 0 spiro atoms. The van der Waals surface area contributed by atoms with Gasteiger partial charge >= 0.3 is 18.0 Å². The highest BCUT2D eigenvalue weighted by molar-refractivity contribution is 5.92. The number of amides is 2. The van der Waals surface area contributed by atoms with Crippen LogP contribution in [-0.2, 0) is 14.3 Å². The molecule has 0 heterocycles. The lowest BCUT2D eigenvalue weighted by atomic mass is 10.0. The van der Waals surface area contributed by atoms with Gasteiger partial charge in [0.05, 0.1) is 32.2 Å². The van der Waals surface area contributed by atoms with Crippen LogP contribution in [-0.4, -0.2) is 32.2 Å². The zero-order chi connectivity index (χ0) is 18.9. The van der Waals surface area contributed by atoms with Crippen LogP contribution in [0.2, 0.25) is 0 Å².